The minimum absolute atomic E-state index is 0.0869. The summed E-state index contributed by atoms with van der Waals surface area (Å²) in [6.45, 7) is 0.0869. The largest absolute Gasteiger partial charge is 0.493 e. The Morgan fingerprint density at radius 1 is 1.19 bits per heavy atom. The number of rotatable bonds is 5. The summed E-state index contributed by atoms with van der Waals surface area (Å²) in [5, 5.41) is 3.41. The van der Waals surface area contributed by atoms with Crippen LogP contribution in [0.3, 0.4) is 0 Å². The molecule has 0 bridgehead atoms. The van der Waals surface area contributed by atoms with Crippen LogP contribution in [0.1, 0.15) is 22.1 Å². The van der Waals surface area contributed by atoms with Gasteiger partial charge >= 0.3 is 0 Å². The normalized spacial score (nSPS) is 15.0. The lowest BCUT2D eigenvalue weighted by Crippen LogP contribution is -2.43. The fourth-order valence-corrected chi connectivity index (χ4v) is 4.08. The van der Waals surface area contributed by atoms with E-state index in [-0.39, 0.29) is 18.3 Å². The summed E-state index contributed by atoms with van der Waals surface area (Å²) in [7, 11) is 1.53. The first-order chi connectivity index (χ1) is 15.0. The lowest BCUT2D eigenvalue weighted by molar-refractivity contribution is 0.0975. The van der Waals surface area contributed by atoms with E-state index in [2.05, 4.69) is 27.2 Å². The molecule has 0 radical (unpaired) electrons. The van der Waals surface area contributed by atoms with Crippen LogP contribution in [0.15, 0.2) is 65.1 Å². The highest BCUT2D eigenvalue weighted by Gasteiger charge is 2.35. The Kier molecular flexibility index (Phi) is 5.83. The maximum Gasteiger partial charge on any atom is 0.262 e. The van der Waals surface area contributed by atoms with Crippen molar-refractivity contribution in [2.75, 3.05) is 23.9 Å². The highest BCUT2D eigenvalue weighted by molar-refractivity contribution is 9.10. The minimum atomic E-state index is -0.570. The van der Waals surface area contributed by atoms with E-state index < -0.39 is 6.17 Å². The van der Waals surface area contributed by atoms with Crippen LogP contribution in [0.4, 0.5) is 15.8 Å². The molecule has 0 saturated carbocycles. The summed E-state index contributed by atoms with van der Waals surface area (Å²) in [6, 6.07) is 16.7. The van der Waals surface area contributed by atoms with Crippen LogP contribution in [0.2, 0.25) is 0 Å². The zero-order chi connectivity index (χ0) is 22.0. The number of anilines is 2. The molecule has 1 aliphatic rings. The van der Waals surface area contributed by atoms with Crippen molar-refractivity contribution in [3.05, 3.63) is 82.1 Å². The molecule has 1 unspecified atom stereocenters. The van der Waals surface area contributed by atoms with Gasteiger partial charge in [-0.15, -0.1) is 6.42 Å². The Balaban J connectivity index is 1.84. The van der Waals surface area contributed by atoms with Crippen molar-refractivity contribution < 1.29 is 18.7 Å². The van der Waals surface area contributed by atoms with E-state index in [1.54, 1.807) is 35.2 Å². The first-order valence-corrected chi connectivity index (χ1v) is 10.2. The first-order valence-electron chi connectivity index (χ1n) is 9.42. The average Bonchev–Trinajstić information content (AvgIpc) is 2.78. The van der Waals surface area contributed by atoms with Crippen LogP contribution < -0.4 is 19.7 Å². The second-order valence-corrected chi connectivity index (χ2v) is 7.63. The van der Waals surface area contributed by atoms with Crippen molar-refractivity contribution in [2.24, 2.45) is 0 Å². The van der Waals surface area contributed by atoms with Gasteiger partial charge in [-0.2, -0.15) is 0 Å². The third-order valence-electron chi connectivity index (χ3n) is 4.90. The Bertz CT molecular complexity index is 1170. The van der Waals surface area contributed by atoms with E-state index >= 15 is 0 Å². The van der Waals surface area contributed by atoms with Gasteiger partial charge in [-0.1, -0.05) is 18.1 Å². The molecule has 4 rings (SSSR count). The van der Waals surface area contributed by atoms with Gasteiger partial charge in [0, 0.05) is 16.9 Å². The van der Waals surface area contributed by atoms with E-state index in [4.69, 9.17) is 15.9 Å². The van der Waals surface area contributed by atoms with Crippen molar-refractivity contribution in [1.29, 1.82) is 0 Å². The van der Waals surface area contributed by atoms with Crippen molar-refractivity contribution in [1.82, 2.24) is 0 Å². The molecule has 5 nitrogen and oxygen atoms in total. The molecule has 3 aromatic carbocycles. The molecule has 0 saturated heterocycles. The predicted octanol–water partition coefficient (Wildman–Crippen LogP) is 5.38. The van der Waals surface area contributed by atoms with Gasteiger partial charge in [0.15, 0.2) is 11.5 Å². The number of ether oxygens (including phenoxy) is 2. The van der Waals surface area contributed by atoms with E-state index in [0.29, 0.717) is 32.9 Å². The van der Waals surface area contributed by atoms with Crippen LogP contribution in [0, 0.1) is 18.2 Å². The number of terminal acetylenes is 1. The molecule has 1 atom stereocenters. The van der Waals surface area contributed by atoms with Crippen LogP contribution in [0.5, 0.6) is 11.5 Å². The van der Waals surface area contributed by atoms with Crippen LogP contribution in [0.25, 0.3) is 0 Å². The maximum atomic E-state index is 13.5. The zero-order valence-corrected chi connectivity index (χ0v) is 18.1. The average molecular weight is 481 g/mol. The quantitative estimate of drug-likeness (QED) is 0.498. The Hall–Kier alpha value is -3.50. The molecule has 1 N–H and O–H groups in total. The van der Waals surface area contributed by atoms with Gasteiger partial charge in [-0.3, -0.25) is 9.69 Å². The SMILES string of the molecule is C#CCOc1c(Br)cc(C2Nc3ccccc3C(=O)N2c2ccc(F)cc2)cc1OC. The number of hydrogen-bond donors (Lipinski definition) is 1. The molecule has 1 heterocycles. The van der Waals surface area contributed by atoms with Gasteiger partial charge < -0.3 is 14.8 Å². The van der Waals surface area contributed by atoms with Gasteiger partial charge in [0.2, 0.25) is 0 Å². The summed E-state index contributed by atoms with van der Waals surface area (Å²) in [5.41, 5.74) is 2.53. The number of nitrogens with zero attached hydrogens (tertiary/aromatic N) is 1. The number of carbonyl (C=O) groups is 1. The maximum absolute atomic E-state index is 13.5. The number of nitrogens with one attached hydrogen (secondary N) is 1. The predicted molar refractivity (Wildman–Crippen MR) is 121 cm³/mol. The minimum Gasteiger partial charge on any atom is -0.493 e. The molecule has 156 valence electrons. The number of hydrogen-bond acceptors (Lipinski definition) is 4. The number of halogens is 2. The van der Waals surface area contributed by atoms with E-state index in [1.165, 1.54) is 19.2 Å². The number of carbonyl (C=O) groups excluding carboxylic acids is 1. The van der Waals surface area contributed by atoms with Gasteiger partial charge in [0.1, 0.15) is 18.6 Å². The lowest BCUT2D eigenvalue weighted by atomic mass is 10.0. The summed E-state index contributed by atoms with van der Waals surface area (Å²) in [6.07, 6.45) is 4.74. The molecule has 3 aromatic rings. The molecule has 1 aliphatic heterocycles. The first kappa shape index (κ1) is 20.8. The molecule has 0 aromatic heterocycles. The van der Waals surface area contributed by atoms with E-state index in [9.17, 15) is 9.18 Å². The molecule has 7 heteroatoms. The van der Waals surface area contributed by atoms with Crippen molar-refractivity contribution >= 4 is 33.2 Å². The fourth-order valence-electron chi connectivity index (χ4n) is 3.51. The standard InChI is InChI=1S/C24H18BrFN2O3/c1-3-12-31-22-19(25)13-15(14-21(22)30-2)23-27-20-7-5-4-6-18(20)24(29)28(23)17-10-8-16(26)9-11-17/h1,4-11,13-14,23,27H,12H2,2H3. The van der Waals surface area contributed by atoms with Crippen molar-refractivity contribution in [3.63, 3.8) is 0 Å². The summed E-state index contributed by atoms with van der Waals surface area (Å²) in [5.74, 6) is 2.79. The van der Waals surface area contributed by atoms with Gasteiger partial charge in [0.05, 0.1) is 17.1 Å². The zero-order valence-electron chi connectivity index (χ0n) is 16.6. The van der Waals surface area contributed by atoms with Crippen molar-refractivity contribution in [3.8, 4) is 23.8 Å². The smallest absolute Gasteiger partial charge is 0.262 e. The molecule has 0 aliphatic carbocycles. The second-order valence-electron chi connectivity index (χ2n) is 6.77. The molecular weight excluding hydrogens is 463 g/mol. The highest BCUT2D eigenvalue weighted by atomic mass is 79.9. The topological polar surface area (TPSA) is 50.8 Å². The van der Waals surface area contributed by atoms with Gasteiger partial charge in [-0.05, 0) is 64.5 Å². The van der Waals surface area contributed by atoms with Gasteiger partial charge in [0.25, 0.3) is 5.91 Å². The van der Waals surface area contributed by atoms with Crippen LogP contribution in [-0.4, -0.2) is 19.6 Å². The van der Waals surface area contributed by atoms with Crippen LogP contribution in [-0.2, 0) is 0 Å². The summed E-state index contributed by atoms with van der Waals surface area (Å²) >= 11 is 3.51. The molecule has 31 heavy (non-hydrogen) atoms. The molecule has 1 amide bonds. The third-order valence-corrected chi connectivity index (χ3v) is 5.49. The van der Waals surface area contributed by atoms with Gasteiger partial charge in [-0.25, -0.2) is 4.39 Å². The van der Waals surface area contributed by atoms with Crippen molar-refractivity contribution in [2.45, 2.75) is 6.17 Å². The second kappa shape index (κ2) is 8.70. The number of amides is 1. The third kappa shape index (κ3) is 3.94. The van der Waals surface area contributed by atoms with Crippen LogP contribution >= 0.6 is 15.9 Å². The Morgan fingerprint density at radius 2 is 1.94 bits per heavy atom. The number of fused-ring (bicyclic) bond motifs is 1. The molecule has 0 fully saturated rings. The van der Waals surface area contributed by atoms with E-state index in [0.717, 1.165) is 5.56 Å². The number of para-hydroxylation sites is 1. The molecular formula is C24H18BrFN2O3. The lowest BCUT2D eigenvalue weighted by Gasteiger charge is -2.38. The monoisotopic (exact) mass is 480 g/mol. The fraction of sp³-hybridized carbons (Fsp3) is 0.125. The summed E-state index contributed by atoms with van der Waals surface area (Å²) < 4.78 is 25.3. The Morgan fingerprint density at radius 3 is 2.65 bits per heavy atom. The number of methoxy groups -OCH3 is 1. The summed E-state index contributed by atoms with van der Waals surface area (Å²) in [4.78, 5) is 15.0. The highest BCUT2D eigenvalue weighted by Crippen LogP contribution is 2.42. The Labute approximate surface area is 187 Å². The molecule has 0 spiro atoms. The van der Waals surface area contributed by atoms with E-state index in [1.807, 2.05) is 18.2 Å². The number of benzene rings is 3.